The Morgan fingerprint density at radius 3 is 2.59 bits per heavy atom. The van der Waals surface area contributed by atoms with Gasteiger partial charge in [0.2, 0.25) is 5.91 Å². The average molecular weight is 520 g/mol. The number of carbonyl (C=O) groups excluding carboxylic acids is 2. The molecule has 11 nitrogen and oxygen atoms in total. The Morgan fingerprint density at radius 1 is 1.16 bits per heavy atom. The van der Waals surface area contributed by atoms with Crippen molar-refractivity contribution in [2.45, 2.75) is 88.9 Å². The van der Waals surface area contributed by atoms with Crippen molar-refractivity contribution in [2.75, 3.05) is 13.2 Å². The van der Waals surface area contributed by atoms with Gasteiger partial charge in [0.05, 0.1) is 19.3 Å². The first-order valence-corrected chi connectivity index (χ1v) is 13.1. The Balaban J connectivity index is 1.58. The molecule has 5 unspecified atom stereocenters. The lowest BCUT2D eigenvalue weighted by molar-refractivity contribution is -0.757. The Kier molecular flexibility index (Phi) is 10.7. The number of carboxylic acids is 1. The van der Waals surface area contributed by atoms with Crippen molar-refractivity contribution in [3.63, 3.8) is 0 Å². The van der Waals surface area contributed by atoms with E-state index in [-0.39, 0.29) is 31.1 Å². The van der Waals surface area contributed by atoms with Crippen molar-refractivity contribution in [1.29, 1.82) is 0 Å². The van der Waals surface area contributed by atoms with Crippen LogP contribution in [0.25, 0.3) is 0 Å². The molecular weight excluding hydrogens is 482 g/mol. The maximum Gasteiger partial charge on any atom is 0.326 e. The average Bonchev–Trinajstić information content (AvgIpc) is 3.47. The number of nitrogens with one attached hydrogen (secondary N) is 1. The van der Waals surface area contributed by atoms with Crippen molar-refractivity contribution in [3.05, 3.63) is 46.0 Å². The molecule has 0 radical (unpaired) electrons. The summed E-state index contributed by atoms with van der Waals surface area (Å²) in [4.78, 5) is 54.3. The highest BCUT2D eigenvalue weighted by Crippen LogP contribution is 2.41. The van der Waals surface area contributed by atoms with E-state index in [1.807, 2.05) is 30.3 Å². The number of rotatable bonds is 15. The van der Waals surface area contributed by atoms with Gasteiger partial charge in [-0.25, -0.2) is 4.79 Å². The van der Waals surface area contributed by atoms with E-state index >= 15 is 0 Å². The van der Waals surface area contributed by atoms with Crippen LogP contribution in [0.3, 0.4) is 0 Å². The fraction of sp³-hybridized carbons (Fsp3) is 0.654. The standard InChI is InChI=1S/C26H37N3O8/c1-18(24(30)28-22-12-8-11-20(22)17-23(28)25(31)32)27-21(14-13-19-9-4-2-5-10-19)26(33)36-15-6-3-7-16-37-29(34)35/h2,4-5,9-10,18,20-23,27H,3,6-8,11-17H2,1H3,(H,31,32). The number of hydrogen-bond acceptors (Lipinski definition) is 8. The largest absolute Gasteiger partial charge is 0.480 e. The zero-order valence-electron chi connectivity index (χ0n) is 21.3. The summed E-state index contributed by atoms with van der Waals surface area (Å²) in [5.74, 6) is -1.55. The van der Waals surface area contributed by atoms with Gasteiger partial charge >= 0.3 is 11.9 Å². The highest BCUT2D eigenvalue weighted by Gasteiger charge is 2.49. The summed E-state index contributed by atoms with van der Waals surface area (Å²) in [5.41, 5.74) is 1.05. The summed E-state index contributed by atoms with van der Waals surface area (Å²) in [6, 6.07) is 7.28. The Hall–Kier alpha value is -3.21. The number of esters is 1. The number of hydrogen-bond donors (Lipinski definition) is 2. The van der Waals surface area contributed by atoms with Crippen molar-refractivity contribution in [1.82, 2.24) is 10.2 Å². The topological polar surface area (TPSA) is 148 Å². The molecule has 204 valence electrons. The van der Waals surface area contributed by atoms with E-state index in [2.05, 4.69) is 10.2 Å². The minimum atomic E-state index is -0.987. The third-order valence-corrected chi connectivity index (χ3v) is 7.28. The van der Waals surface area contributed by atoms with Gasteiger partial charge < -0.3 is 19.6 Å². The molecule has 1 aliphatic carbocycles. The molecule has 1 saturated heterocycles. The third-order valence-electron chi connectivity index (χ3n) is 7.28. The maximum absolute atomic E-state index is 13.4. The molecule has 1 heterocycles. The zero-order valence-corrected chi connectivity index (χ0v) is 21.3. The molecule has 2 N–H and O–H groups in total. The predicted molar refractivity (Wildman–Crippen MR) is 133 cm³/mol. The first kappa shape index (κ1) is 28.4. The third kappa shape index (κ3) is 8.14. The number of likely N-dealkylation sites (tertiary alicyclic amines) is 1. The number of amides is 1. The smallest absolute Gasteiger partial charge is 0.326 e. The van der Waals surface area contributed by atoms with Gasteiger partial charge in [-0.15, -0.1) is 10.1 Å². The highest BCUT2D eigenvalue weighted by molar-refractivity contribution is 5.88. The molecular formula is C26H37N3O8. The lowest BCUT2D eigenvalue weighted by atomic mass is 10.0. The van der Waals surface area contributed by atoms with Crippen molar-refractivity contribution >= 4 is 17.8 Å². The zero-order chi connectivity index (χ0) is 26.8. The van der Waals surface area contributed by atoms with E-state index in [0.717, 1.165) is 24.8 Å². The fourth-order valence-electron chi connectivity index (χ4n) is 5.44. The molecule has 0 aromatic heterocycles. The van der Waals surface area contributed by atoms with Crippen LogP contribution in [0.4, 0.5) is 0 Å². The summed E-state index contributed by atoms with van der Waals surface area (Å²) in [5, 5.41) is 22.2. The van der Waals surface area contributed by atoms with Crippen LogP contribution >= 0.6 is 0 Å². The second-order valence-corrected chi connectivity index (χ2v) is 9.84. The Morgan fingerprint density at radius 2 is 1.89 bits per heavy atom. The highest BCUT2D eigenvalue weighted by atomic mass is 16.9. The van der Waals surface area contributed by atoms with Crippen LogP contribution in [0.2, 0.25) is 0 Å². The molecule has 37 heavy (non-hydrogen) atoms. The van der Waals surface area contributed by atoms with Crippen molar-refractivity contribution in [2.24, 2.45) is 5.92 Å². The number of fused-ring (bicyclic) bond motifs is 1. The van der Waals surface area contributed by atoms with E-state index in [9.17, 15) is 29.6 Å². The molecule has 2 fully saturated rings. The molecule has 0 spiro atoms. The molecule has 5 atom stereocenters. The van der Waals surface area contributed by atoms with Crippen LogP contribution in [0.1, 0.15) is 63.9 Å². The quantitative estimate of drug-likeness (QED) is 0.154. The minimum absolute atomic E-state index is 0.00246. The Labute approximate surface area is 216 Å². The van der Waals surface area contributed by atoms with E-state index < -0.39 is 35.2 Å². The van der Waals surface area contributed by atoms with Gasteiger partial charge in [-0.3, -0.25) is 14.9 Å². The lowest BCUT2D eigenvalue weighted by Crippen LogP contribution is -2.55. The molecule has 0 bridgehead atoms. The fourth-order valence-corrected chi connectivity index (χ4v) is 5.44. The summed E-state index contributed by atoms with van der Waals surface area (Å²) in [6.07, 6.45) is 5.81. The second kappa shape index (κ2) is 13.9. The number of benzene rings is 1. The van der Waals surface area contributed by atoms with E-state index in [1.54, 1.807) is 6.92 Å². The normalized spacial score (nSPS) is 22.2. The van der Waals surface area contributed by atoms with Crippen molar-refractivity contribution in [3.8, 4) is 0 Å². The summed E-state index contributed by atoms with van der Waals surface area (Å²) in [6.45, 7) is 1.82. The van der Waals surface area contributed by atoms with Gasteiger partial charge in [0.15, 0.2) is 0 Å². The van der Waals surface area contributed by atoms with Gasteiger partial charge in [-0.05, 0) is 69.8 Å². The minimum Gasteiger partial charge on any atom is -0.480 e. The lowest BCUT2D eigenvalue weighted by Gasteiger charge is -2.32. The molecule has 1 aliphatic heterocycles. The van der Waals surface area contributed by atoms with Crippen LogP contribution in [0, 0.1) is 16.0 Å². The first-order valence-electron chi connectivity index (χ1n) is 13.1. The number of carboxylic acid groups (broad SMARTS) is 1. The number of unbranched alkanes of at least 4 members (excludes halogenated alkanes) is 2. The summed E-state index contributed by atoms with van der Waals surface area (Å²) in [7, 11) is 0. The number of aryl methyl sites for hydroxylation is 1. The molecule has 11 heteroatoms. The van der Waals surface area contributed by atoms with Crippen LogP contribution in [0.15, 0.2) is 30.3 Å². The molecule has 1 amide bonds. The number of carbonyl (C=O) groups is 3. The van der Waals surface area contributed by atoms with Crippen LogP contribution in [-0.4, -0.2) is 70.3 Å². The number of nitrogens with zero attached hydrogens (tertiary/aromatic N) is 2. The van der Waals surface area contributed by atoms with Gasteiger partial charge in [-0.1, -0.05) is 36.8 Å². The summed E-state index contributed by atoms with van der Waals surface area (Å²) >= 11 is 0. The molecule has 1 saturated carbocycles. The van der Waals surface area contributed by atoms with Gasteiger partial charge in [-0.2, -0.15) is 0 Å². The number of aliphatic carboxylic acids is 1. The molecule has 3 rings (SSSR count). The Bertz CT molecular complexity index is 928. The van der Waals surface area contributed by atoms with E-state index in [4.69, 9.17) is 4.74 Å². The SMILES string of the molecule is CC(NC(CCc1ccccc1)C(=O)OCCCCCO[N+](=O)[O-])C(=O)N1C(C(=O)O)CC2CCCC21. The van der Waals surface area contributed by atoms with Gasteiger partial charge in [0.25, 0.3) is 5.09 Å². The van der Waals surface area contributed by atoms with Gasteiger partial charge in [0, 0.05) is 6.04 Å². The van der Waals surface area contributed by atoms with E-state index in [1.165, 1.54) is 4.90 Å². The number of ether oxygens (including phenoxy) is 1. The van der Waals surface area contributed by atoms with Crippen LogP contribution in [0.5, 0.6) is 0 Å². The second-order valence-electron chi connectivity index (χ2n) is 9.84. The van der Waals surface area contributed by atoms with Crippen LogP contribution < -0.4 is 5.32 Å². The summed E-state index contributed by atoms with van der Waals surface area (Å²) < 4.78 is 5.46. The van der Waals surface area contributed by atoms with Crippen LogP contribution in [-0.2, 0) is 30.4 Å². The monoisotopic (exact) mass is 519 g/mol. The maximum atomic E-state index is 13.4. The first-order chi connectivity index (χ1) is 17.8. The molecule has 2 aliphatic rings. The predicted octanol–water partition coefficient (Wildman–Crippen LogP) is 2.74. The van der Waals surface area contributed by atoms with Crippen molar-refractivity contribution < 1.29 is 34.2 Å². The molecule has 1 aromatic carbocycles. The van der Waals surface area contributed by atoms with Gasteiger partial charge in [0.1, 0.15) is 12.1 Å². The molecule has 1 aromatic rings. The van der Waals surface area contributed by atoms with E-state index in [0.29, 0.717) is 38.5 Å².